The number of rotatable bonds is 1. The Morgan fingerprint density at radius 2 is 2.08 bits per heavy atom. The van der Waals surface area contributed by atoms with Crippen molar-refractivity contribution < 1.29 is 0 Å². The van der Waals surface area contributed by atoms with E-state index in [-0.39, 0.29) is 0 Å². The molecule has 1 heteroatoms. The summed E-state index contributed by atoms with van der Waals surface area (Å²) in [4.78, 5) is 2.43. The molecule has 0 spiro atoms. The zero-order valence-electron chi connectivity index (χ0n) is 7.46. The second-order valence-electron chi connectivity index (χ2n) is 3.31. The zero-order chi connectivity index (χ0) is 8.39. The summed E-state index contributed by atoms with van der Waals surface area (Å²) in [5, 5.41) is 0. The van der Waals surface area contributed by atoms with Gasteiger partial charge in [-0.15, -0.1) is 0 Å². The highest BCUT2D eigenvalue weighted by Crippen LogP contribution is 2.22. The fourth-order valence-corrected chi connectivity index (χ4v) is 1.72. The normalized spacial score (nSPS) is 16.9. The van der Waals surface area contributed by atoms with Crippen molar-refractivity contribution in [2.45, 2.75) is 13.3 Å². The third-order valence-electron chi connectivity index (χ3n) is 2.41. The highest BCUT2D eigenvalue weighted by Gasteiger charge is 2.13. The van der Waals surface area contributed by atoms with E-state index in [4.69, 9.17) is 0 Å². The molecule has 1 aromatic rings. The standard InChI is InChI=1S/C11H14N/c1-10-6-2-3-7-11(10)12-8-4-5-9-12/h2-4,6-7H,5,8-9H2,1H3. The third-order valence-corrected chi connectivity index (χ3v) is 2.41. The fourth-order valence-electron chi connectivity index (χ4n) is 1.72. The highest BCUT2D eigenvalue weighted by molar-refractivity contribution is 5.54. The molecular formula is C11H14N. The Hall–Kier alpha value is -0.980. The Bertz CT molecular complexity index is 261. The Kier molecular flexibility index (Phi) is 2.03. The predicted molar refractivity (Wildman–Crippen MR) is 52.3 cm³/mol. The van der Waals surface area contributed by atoms with Crippen LogP contribution in [0.1, 0.15) is 12.0 Å². The summed E-state index contributed by atoms with van der Waals surface area (Å²) in [5.74, 6) is 0. The quantitative estimate of drug-likeness (QED) is 0.609. The Labute approximate surface area is 74.0 Å². The Morgan fingerprint density at radius 1 is 1.25 bits per heavy atom. The van der Waals surface area contributed by atoms with Crippen molar-refractivity contribution in [1.82, 2.24) is 0 Å². The first-order valence-corrected chi connectivity index (χ1v) is 4.50. The number of anilines is 1. The summed E-state index contributed by atoms with van der Waals surface area (Å²) >= 11 is 0. The molecule has 12 heavy (non-hydrogen) atoms. The van der Waals surface area contributed by atoms with E-state index in [0.717, 1.165) is 6.54 Å². The molecule has 0 saturated carbocycles. The van der Waals surface area contributed by atoms with E-state index >= 15 is 0 Å². The van der Waals surface area contributed by atoms with Gasteiger partial charge in [-0.2, -0.15) is 0 Å². The molecule has 0 N–H and O–H groups in total. The summed E-state index contributed by atoms with van der Waals surface area (Å²) in [7, 11) is 0. The molecule has 1 saturated heterocycles. The van der Waals surface area contributed by atoms with E-state index in [1.807, 2.05) is 0 Å². The van der Waals surface area contributed by atoms with Gasteiger partial charge in [-0.05, 0) is 31.4 Å². The highest BCUT2D eigenvalue weighted by atomic mass is 15.1. The largest absolute Gasteiger partial charge is 0.371 e. The van der Waals surface area contributed by atoms with Crippen LogP contribution in [0.15, 0.2) is 24.3 Å². The van der Waals surface area contributed by atoms with Gasteiger partial charge in [0.25, 0.3) is 0 Å². The molecule has 1 aromatic carbocycles. The SMILES string of the molecule is Cc1ccccc1N1C[CH]CC1. The lowest BCUT2D eigenvalue weighted by molar-refractivity contribution is 0.961. The molecule has 0 aliphatic carbocycles. The van der Waals surface area contributed by atoms with Gasteiger partial charge in [-0.25, -0.2) is 0 Å². The van der Waals surface area contributed by atoms with Gasteiger partial charge in [-0.3, -0.25) is 0 Å². The maximum Gasteiger partial charge on any atom is 0.0395 e. The lowest BCUT2D eigenvalue weighted by Crippen LogP contribution is -2.18. The van der Waals surface area contributed by atoms with Crippen LogP contribution in [0.3, 0.4) is 0 Å². The molecule has 1 nitrogen and oxygen atoms in total. The van der Waals surface area contributed by atoms with Gasteiger partial charge >= 0.3 is 0 Å². The van der Waals surface area contributed by atoms with Crippen LogP contribution in [0, 0.1) is 13.3 Å². The summed E-state index contributed by atoms with van der Waals surface area (Å²) < 4.78 is 0. The molecule has 2 rings (SSSR count). The molecule has 1 aliphatic heterocycles. The molecule has 63 valence electrons. The minimum Gasteiger partial charge on any atom is -0.371 e. The van der Waals surface area contributed by atoms with E-state index in [1.165, 1.54) is 24.2 Å². The van der Waals surface area contributed by atoms with Crippen molar-refractivity contribution in [1.29, 1.82) is 0 Å². The van der Waals surface area contributed by atoms with Gasteiger partial charge in [0.15, 0.2) is 0 Å². The van der Waals surface area contributed by atoms with Gasteiger partial charge in [0, 0.05) is 18.8 Å². The first-order chi connectivity index (χ1) is 5.88. The van der Waals surface area contributed by atoms with Crippen molar-refractivity contribution in [3.05, 3.63) is 36.2 Å². The lowest BCUT2D eigenvalue weighted by atomic mass is 10.2. The third kappa shape index (κ3) is 1.31. The fraction of sp³-hybridized carbons (Fsp3) is 0.364. The van der Waals surface area contributed by atoms with Crippen molar-refractivity contribution in [3.8, 4) is 0 Å². The second kappa shape index (κ2) is 3.18. The van der Waals surface area contributed by atoms with E-state index in [1.54, 1.807) is 0 Å². The van der Waals surface area contributed by atoms with Crippen molar-refractivity contribution in [3.63, 3.8) is 0 Å². The molecule has 0 atom stereocenters. The minimum absolute atomic E-state index is 1.12. The molecule has 1 aliphatic rings. The smallest absolute Gasteiger partial charge is 0.0395 e. The Morgan fingerprint density at radius 3 is 2.75 bits per heavy atom. The van der Waals surface area contributed by atoms with Gasteiger partial charge < -0.3 is 4.90 Å². The van der Waals surface area contributed by atoms with Crippen LogP contribution in [-0.4, -0.2) is 13.1 Å². The number of hydrogen-bond acceptors (Lipinski definition) is 1. The molecular weight excluding hydrogens is 146 g/mol. The Balaban J connectivity index is 2.26. The molecule has 1 radical (unpaired) electrons. The van der Waals surface area contributed by atoms with Crippen molar-refractivity contribution >= 4 is 5.69 Å². The number of nitrogens with zero attached hydrogens (tertiary/aromatic N) is 1. The molecule has 0 bridgehead atoms. The van der Waals surface area contributed by atoms with Crippen molar-refractivity contribution in [2.24, 2.45) is 0 Å². The van der Waals surface area contributed by atoms with E-state index in [9.17, 15) is 0 Å². The van der Waals surface area contributed by atoms with Crippen LogP contribution in [-0.2, 0) is 0 Å². The number of benzene rings is 1. The van der Waals surface area contributed by atoms with Gasteiger partial charge in [-0.1, -0.05) is 18.2 Å². The van der Waals surface area contributed by atoms with E-state index in [0.29, 0.717) is 0 Å². The summed E-state index contributed by atoms with van der Waals surface area (Å²) in [6.07, 6.45) is 3.57. The lowest BCUT2D eigenvalue weighted by Gasteiger charge is -2.19. The average molecular weight is 160 g/mol. The summed E-state index contributed by atoms with van der Waals surface area (Å²) in [6, 6.07) is 8.58. The monoisotopic (exact) mass is 160 g/mol. The molecule has 0 aromatic heterocycles. The zero-order valence-corrected chi connectivity index (χ0v) is 7.46. The summed E-state index contributed by atoms with van der Waals surface area (Å²) in [5.41, 5.74) is 2.78. The van der Waals surface area contributed by atoms with Crippen LogP contribution in [0.5, 0.6) is 0 Å². The molecule has 0 amide bonds. The van der Waals surface area contributed by atoms with Crippen LogP contribution < -0.4 is 4.90 Å². The van der Waals surface area contributed by atoms with Gasteiger partial charge in [0.1, 0.15) is 0 Å². The average Bonchev–Trinajstić information content (AvgIpc) is 2.57. The van der Waals surface area contributed by atoms with Crippen molar-refractivity contribution in [2.75, 3.05) is 18.0 Å². The first-order valence-electron chi connectivity index (χ1n) is 4.50. The minimum atomic E-state index is 1.12. The van der Waals surface area contributed by atoms with Gasteiger partial charge in [0.05, 0.1) is 0 Å². The maximum atomic E-state index is 2.43. The number of para-hydroxylation sites is 1. The number of hydrogen-bond donors (Lipinski definition) is 0. The number of aryl methyl sites for hydroxylation is 1. The van der Waals surface area contributed by atoms with Crippen LogP contribution >= 0.6 is 0 Å². The van der Waals surface area contributed by atoms with E-state index < -0.39 is 0 Å². The second-order valence-corrected chi connectivity index (χ2v) is 3.31. The topological polar surface area (TPSA) is 3.24 Å². The van der Waals surface area contributed by atoms with E-state index in [2.05, 4.69) is 42.5 Å². The predicted octanol–water partition coefficient (Wildman–Crippen LogP) is 2.41. The maximum absolute atomic E-state index is 2.43. The molecule has 1 fully saturated rings. The van der Waals surface area contributed by atoms with Crippen LogP contribution in [0.4, 0.5) is 5.69 Å². The summed E-state index contributed by atoms with van der Waals surface area (Å²) in [6.45, 7) is 4.48. The molecule has 1 heterocycles. The van der Waals surface area contributed by atoms with Crippen LogP contribution in [0.25, 0.3) is 0 Å². The van der Waals surface area contributed by atoms with Gasteiger partial charge in [0.2, 0.25) is 0 Å². The van der Waals surface area contributed by atoms with Crippen LogP contribution in [0.2, 0.25) is 0 Å². The first kappa shape index (κ1) is 7.66. The molecule has 0 unspecified atom stereocenters.